The molecule has 0 amide bonds. The van der Waals surface area contributed by atoms with Crippen molar-refractivity contribution in [3.8, 4) is 0 Å². The van der Waals surface area contributed by atoms with Crippen LogP contribution in [0.15, 0.2) is 53.2 Å². The summed E-state index contributed by atoms with van der Waals surface area (Å²) in [7, 11) is 0. The maximum atomic E-state index is 5.08. The zero-order valence-corrected chi connectivity index (χ0v) is 29.4. The number of para-hydroxylation sites is 2. The van der Waals surface area contributed by atoms with E-state index >= 15 is 0 Å². The molecule has 6 radical (unpaired) electrons. The third kappa shape index (κ3) is 13.3. The van der Waals surface area contributed by atoms with E-state index in [1.165, 1.54) is 35.1 Å². The molecule has 2 nitrogen and oxygen atoms in total. The SMILES string of the molecule is CC(/C=C(/C)[N-]c1c(C(C)C)cccc1C(C)C)=Nc1c(C(C)C)cccc1C(C)C.[CH2][CH][CH2].[CH2][CH][CH2].[La+3]. The van der Waals surface area contributed by atoms with E-state index in [-0.39, 0.29) is 35.6 Å². The van der Waals surface area contributed by atoms with Gasteiger partial charge in [-0.15, -0.1) is 5.69 Å². The van der Waals surface area contributed by atoms with Gasteiger partial charge in [0.1, 0.15) is 0 Å². The average Bonchev–Trinajstić information content (AvgIpc) is 2.79. The van der Waals surface area contributed by atoms with Gasteiger partial charge in [-0.25, -0.2) is 0 Å². The van der Waals surface area contributed by atoms with Crippen LogP contribution in [0.25, 0.3) is 5.32 Å². The van der Waals surface area contributed by atoms with Crippen molar-refractivity contribution in [3.05, 3.63) is 116 Å². The van der Waals surface area contributed by atoms with E-state index in [0.29, 0.717) is 23.7 Å². The summed E-state index contributed by atoms with van der Waals surface area (Å²) < 4.78 is 0. The molecule has 0 saturated heterocycles. The Morgan fingerprint density at radius 3 is 1.29 bits per heavy atom. The Hall–Kier alpha value is -1.16. The van der Waals surface area contributed by atoms with Gasteiger partial charge in [-0.2, -0.15) is 5.70 Å². The monoisotopic (exact) mass is 638 g/mol. The molecule has 0 atom stereocenters. The summed E-state index contributed by atoms with van der Waals surface area (Å²) in [4.78, 5) is 5.08. The van der Waals surface area contributed by atoms with Crippen LogP contribution in [0, 0.1) is 76.1 Å². The normalized spacial score (nSPS) is 11.6. The first-order valence-electron chi connectivity index (χ1n) is 13.4. The topological polar surface area (TPSA) is 26.5 Å². The van der Waals surface area contributed by atoms with E-state index in [1.54, 1.807) is 0 Å². The average molecular weight is 639 g/mol. The number of aliphatic imine (C=N–C) groups is 1. The Labute approximate surface area is 265 Å². The van der Waals surface area contributed by atoms with Gasteiger partial charge >= 0.3 is 35.6 Å². The van der Waals surface area contributed by atoms with Crippen molar-refractivity contribution in [2.75, 3.05) is 0 Å². The third-order valence-electron chi connectivity index (χ3n) is 5.68. The quantitative estimate of drug-likeness (QED) is 0.257. The fourth-order valence-corrected chi connectivity index (χ4v) is 4.00. The minimum atomic E-state index is 0. The Bertz CT molecular complexity index is 927. The van der Waals surface area contributed by atoms with Crippen LogP contribution in [0.2, 0.25) is 0 Å². The van der Waals surface area contributed by atoms with Crippen molar-refractivity contribution in [1.29, 1.82) is 0 Å². The second-order valence-electron chi connectivity index (χ2n) is 10.4. The summed E-state index contributed by atoms with van der Waals surface area (Å²) in [5.74, 6) is 1.75. The number of nitrogens with zero attached hydrogens (tertiary/aromatic N) is 2. The zero-order valence-electron chi connectivity index (χ0n) is 25.8. The molecule has 0 bridgehead atoms. The summed E-state index contributed by atoms with van der Waals surface area (Å²) in [5.41, 5.74) is 9.45. The smallest absolute Gasteiger partial charge is 0.661 e. The van der Waals surface area contributed by atoms with Gasteiger partial charge in [0.15, 0.2) is 0 Å². The third-order valence-corrected chi connectivity index (χ3v) is 5.68. The molecule has 0 fully saturated rings. The molecule has 0 heterocycles. The van der Waals surface area contributed by atoms with Gasteiger partial charge in [-0.1, -0.05) is 116 Å². The van der Waals surface area contributed by atoms with Crippen molar-refractivity contribution in [1.82, 2.24) is 0 Å². The van der Waals surface area contributed by atoms with Crippen LogP contribution in [-0.2, 0) is 0 Å². The molecular formula is C35H51LaN2+2. The standard InChI is InChI=1S/C29H41N2.2C3H5.La/c1-18(2)24-13-11-14-25(19(3)4)28(24)30-22(9)17-23(10)31-29-26(20(5)6)15-12-16-27(29)21(7)8;2*1-3-2;/h11-21H,1-10H3;2*3H,1-2H2;/q-1;;;+3/b22-17-,31-23?;;;. The second-order valence-corrected chi connectivity index (χ2v) is 10.4. The predicted octanol–water partition coefficient (Wildman–Crippen LogP) is 11.6. The van der Waals surface area contributed by atoms with Crippen LogP contribution in [0.3, 0.4) is 0 Å². The molecule has 0 spiro atoms. The largest absolute Gasteiger partial charge is 3.00 e. The molecule has 0 aliphatic heterocycles. The van der Waals surface area contributed by atoms with E-state index in [4.69, 9.17) is 10.3 Å². The fourth-order valence-electron chi connectivity index (χ4n) is 4.00. The van der Waals surface area contributed by atoms with Crippen LogP contribution in [0.1, 0.15) is 115 Å². The number of hydrogen-bond donors (Lipinski definition) is 0. The van der Waals surface area contributed by atoms with Crippen molar-refractivity contribution < 1.29 is 35.6 Å². The molecule has 0 aliphatic rings. The molecule has 0 aromatic heterocycles. The van der Waals surface area contributed by atoms with Gasteiger partial charge in [0.25, 0.3) is 0 Å². The minimum Gasteiger partial charge on any atom is -0.661 e. The van der Waals surface area contributed by atoms with Crippen molar-refractivity contribution in [3.63, 3.8) is 0 Å². The van der Waals surface area contributed by atoms with E-state index < -0.39 is 0 Å². The molecule has 3 heteroatoms. The summed E-state index contributed by atoms with van der Waals surface area (Å²) in [5, 5.41) is 5.08. The van der Waals surface area contributed by atoms with Gasteiger partial charge in [0.05, 0.1) is 5.69 Å². The Morgan fingerprint density at radius 1 is 0.658 bits per heavy atom. The molecule has 0 unspecified atom stereocenters. The van der Waals surface area contributed by atoms with Crippen LogP contribution < -0.4 is 0 Å². The summed E-state index contributed by atoms with van der Waals surface area (Å²) in [6, 6.07) is 13.1. The van der Waals surface area contributed by atoms with E-state index in [1.807, 2.05) is 0 Å². The molecule has 2 aromatic rings. The molecule has 0 aliphatic carbocycles. The molecule has 0 N–H and O–H groups in total. The maximum Gasteiger partial charge on any atom is 3.00 e. The van der Waals surface area contributed by atoms with Crippen molar-refractivity contribution >= 4 is 17.1 Å². The minimum absolute atomic E-state index is 0. The first-order valence-corrected chi connectivity index (χ1v) is 13.4. The van der Waals surface area contributed by atoms with Gasteiger partial charge in [-0.3, -0.25) is 4.99 Å². The second kappa shape index (κ2) is 20.7. The molecule has 2 aromatic carbocycles. The van der Waals surface area contributed by atoms with Crippen LogP contribution in [-0.4, -0.2) is 5.71 Å². The van der Waals surface area contributed by atoms with Crippen LogP contribution >= 0.6 is 0 Å². The van der Waals surface area contributed by atoms with Gasteiger partial charge in [0.2, 0.25) is 0 Å². The Balaban J connectivity index is 0. The van der Waals surface area contributed by atoms with Crippen LogP contribution in [0.4, 0.5) is 11.4 Å². The summed E-state index contributed by atoms with van der Waals surface area (Å²) in [6.45, 7) is 35.1. The molecule has 202 valence electrons. The fraction of sp³-hybridized carbons (Fsp3) is 0.400. The Kier molecular flexibility index (Phi) is 21.2. The number of benzene rings is 2. The molecule has 2 rings (SSSR count). The van der Waals surface area contributed by atoms with Gasteiger partial charge in [0, 0.05) is 5.71 Å². The van der Waals surface area contributed by atoms with Gasteiger partial charge in [-0.05, 0) is 82.3 Å². The predicted molar refractivity (Wildman–Crippen MR) is 169 cm³/mol. The van der Waals surface area contributed by atoms with E-state index in [0.717, 1.165) is 22.8 Å². The van der Waals surface area contributed by atoms with E-state index in [9.17, 15) is 0 Å². The maximum absolute atomic E-state index is 5.08. The first-order chi connectivity index (χ1) is 17.4. The molecular weight excluding hydrogens is 587 g/mol. The summed E-state index contributed by atoms with van der Waals surface area (Å²) in [6.07, 6.45) is 5.11. The van der Waals surface area contributed by atoms with Crippen molar-refractivity contribution in [2.24, 2.45) is 4.99 Å². The Morgan fingerprint density at radius 2 is 0.974 bits per heavy atom. The summed E-state index contributed by atoms with van der Waals surface area (Å²) >= 11 is 0. The number of allylic oxidation sites excluding steroid dienone is 2. The van der Waals surface area contributed by atoms with E-state index in [2.05, 4.69) is 139 Å². The van der Waals surface area contributed by atoms with Crippen LogP contribution in [0.5, 0.6) is 0 Å². The zero-order chi connectivity index (χ0) is 28.7. The number of rotatable bonds is 8. The molecule has 38 heavy (non-hydrogen) atoms. The number of hydrogen-bond acceptors (Lipinski definition) is 1. The molecule has 0 saturated carbocycles. The van der Waals surface area contributed by atoms with Crippen molar-refractivity contribution in [2.45, 2.75) is 92.9 Å². The van der Waals surface area contributed by atoms with Gasteiger partial charge < -0.3 is 5.32 Å². The first kappa shape index (κ1) is 39.0.